The lowest BCUT2D eigenvalue weighted by Gasteiger charge is -2.19. The molecule has 22 heavy (non-hydrogen) atoms. The zero-order valence-corrected chi connectivity index (χ0v) is 15.8. The number of benzene rings is 1. The molecule has 0 radical (unpaired) electrons. The molecular formula is C16H26IN3O2. The summed E-state index contributed by atoms with van der Waals surface area (Å²) < 4.78 is 11.7. The van der Waals surface area contributed by atoms with Crippen LogP contribution in [0.5, 0.6) is 11.5 Å². The van der Waals surface area contributed by atoms with Crippen molar-refractivity contribution in [3.8, 4) is 11.5 Å². The summed E-state index contributed by atoms with van der Waals surface area (Å²) in [5.41, 5.74) is 1.08. The lowest BCUT2D eigenvalue weighted by Crippen LogP contribution is -2.34. The highest BCUT2D eigenvalue weighted by molar-refractivity contribution is 14.0. The Hall–Kier alpha value is -1.18. The van der Waals surface area contributed by atoms with Gasteiger partial charge in [-0.1, -0.05) is 12.1 Å². The molecule has 1 aliphatic rings. The van der Waals surface area contributed by atoms with Crippen LogP contribution in [0.4, 0.5) is 0 Å². The van der Waals surface area contributed by atoms with E-state index in [1.807, 2.05) is 19.2 Å². The first-order valence-electron chi connectivity index (χ1n) is 7.49. The van der Waals surface area contributed by atoms with Crippen LogP contribution < -0.4 is 20.1 Å². The van der Waals surface area contributed by atoms with E-state index in [0.29, 0.717) is 12.6 Å². The van der Waals surface area contributed by atoms with E-state index in [2.05, 4.69) is 21.7 Å². The van der Waals surface area contributed by atoms with Crippen molar-refractivity contribution in [3.63, 3.8) is 0 Å². The number of hydrogen-bond donors (Lipinski definition) is 2. The second-order valence-electron chi connectivity index (χ2n) is 5.15. The molecule has 2 rings (SSSR count). The minimum absolute atomic E-state index is 0. The summed E-state index contributed by atoms with van der Waals surface area (Å²) in [4.78, 5) is 4.12. The molecule has 0 amide bonds. The first-order chi connectivity index (χ1) is 10.3. The van der Waals surface area contributed by atoms with Gasteiger partial charge in [-0.3, -0.25) is 4.99 Å². The van der Waals surface area contributed by atoms with E-state index in [4.69, 9.17) is 9.47 Å². The molecule has 6 heteroatoms. The van der Waals surface area contributed by atoms with E-state index in [1.165, 1.54) is 12.8 Å². The summed E-state index contributed by atoms with van der Waals surface area (Å²) in [6.45, 7) is 0.646. The normalized spacial score (nSPS) is 15.1. The van der Waals surface area contributed by atoms with Gasteiger partial charge in [0.15, 0.2) is 17.5 Å². The summed E-state index contributed by atoms with van der Waals surface area (Å²) >= 11 is 0. The molecule has 1 aromatic carbocycles. The topological polar surface area (TPSA) is 54.9 Å². The fourth-order valence-electron chi connectivity index (χ4n) is 2.63. The zero-order valence-electron chi connectivity index (χ0n) is 13.5. The molecule has 1 fully saturated rings. The highest BCUT2D eigenvalue weighted by atomic mass is 127. The van der Waals surface area contributed by atoms with Gasteiger partial charge >= 0.3 is 0 Å². The first kappa shape index (κ1) is 18.9. The van der Waals surface area contributed by atoms with Gasteiger partial charge in [-0.15, -0.1) is 24.0 Å². The van der Waals surface area contributed by atoms with Gasteiger partial charge in [-0.2, -0.15) is 0 Å². The van der Waals surface area contributed by atoms with Crippen molar-refractivity contribution >= 4 is 29.9 Å². The number of nitrogens with zero attached hydrogens (tertiary/aromatic N) is 1. The van der Waals surface area contributed by atoms with Gasteiger partial charge in [0.2, 0.25) is 0 Å². The zero-order chi connectivity index (χ0) is 15.1. The van der Waals surface area contributed by atoms with E-state index in [0.717, 1.165) is 35.9 Å². The highest BCUT2D eigenvalue weighted by Crippen LogP contribution is 2.34. The molecule has 124 valence electrons. The minimum Gasteiger partial charge on any atom is -0.493 e. The molecule has 0 saturated heterocycles. The summed E-state index contributed by atoms with van der Waals surface area (Å²) in [6.07, 6.45) is 5.06. The molecule has 5 nitrogen and oxygen atoms in total. The number of guanidine groups is 1. The number of nitrogens with one attached hydrogen (secondary N) is 2. The maximum Gasteiger partial charge on any atom is 0.190 e. The molecule has 0 aromatic heterocycles. The van der Waals surface area contributed by atoms with Crippen LogP contribution in [-0.2, 0) is 6.54 Å². The Bertz CT molecular complexity index is 488. The molecule has 0 unspecified atom stereocenters. The summed E-state index contributed by atoms with van der Waals surface area (Å²) in [6, 6.07) is 5.99. The number of para-hydroxylation sites is 1. The predicted molar refractivity (Wildman–Crippen MR) is 101 cm³/mol. The lowest BCUT2D eigenvalue weighted by atomic mass is 10.1. The quantitative estimate of drug-likeness (QED) is 0.438. The monoisotopic (exact) mass is 419 g/mol. The Labute approximate surface area is 149 Å². The van der Waals surface area contributed by atoms with Crippen molar-refractivity contribution < 1.29 is 9.47 Å². The lowest BCUT2D eigenvalue weighted by molar-refractivity contribution is 0.198. The summed E-state index contributed by atoms with van der Waals surface area (Å²) in [7, 11) is 5.28. The molecule has 2 N–H and O–H groups in total. The Morgan fingerprint density at radius 3 is 2.64 bits per heavy atom. The number of rotatable bonds is 5. The van der Waals surface area contributed by atoms with E-state index >= 15 is 0 Å². The van der Waals surface area contributed by atoms with Gasteiger partial charge in [0.25, 0.3) is 0 Å². The average molecular weight is 419 g/mol. The number of methoxy groups -OCH3 is 1. The van der Waals surface area contributed by atoms with E-state index < -0.39 is 0 Å². The predicted octanol–water partition coefficient (Wildman–Crippen LogP) is 2.93. The number of aliphatic imine (C=N–C) groups is 1. The van der Waals surface area contributed by atoms with Crippen LogP contribution in [0, 0.1) is 0 Å². The van der Waals surface area contributed by atoms with Crippen molar-refractivity contribution in [2.75, 3.05) is 21.2 Å². The van der Waals surface area contributed by atoms with Crippen molar-refractivity contribution in [1.29, 1.82) is 0 Å². The van der Waals surface area contributed by atoms with Gasteiger partial charge in [-0.25, -0.2) is 0 Å². The molecule has 0 atom stereocenters. The smallest absolute Gasteiger partial charge is 0.190 e. The fourth-order valence-corrected chi connectivity index (χ4v) is 2.63. The maximum absolute atomic E-state index is 6.20. The van der Waals surface area contributed by atoms with E-state index in [9.17, 15) is 0 Å². The molecule has 0 spiro atoms. The van der Waals surface area contributed by atoms with Crippen LogP contribution in [0.15, 0.2) is 23.2 Å². The second kappa shape index (κ2) is 9.76. The highest BCUT2D eigenvalue weighted by Gasteiger charge is 2.20. The molecule has 0 heterocycles. The molecule has 0 aliphatic heterocycles. The Balaban J connectivity index is 0.00000242. The SMILES string of the molecule is CN=C(NC)NCc1cccc(OC)c1OC1CCCC1.I. The molecule has 1 aromatic rings. The van der Waals surface area contributed by atoms with Gasteiger partial charge in [-0.05, 0) is 31.7 Å². The molecule has 1 saturated carbocycles. The second-order valence-corrected chi connectivity index (χ2v) is 5.15. The Morgan fingerprint density at radius 1 is 1.32 bits per heavy atom. The van der Waals surface area contributed by atoms with Crippen LogP contribution in [0.1, 0.15) is 31.2 Å². The van der Waals surface area contributed by atoms with Gasteiger partial charge < -0.3 is 20.1 Å². The van der Waals surface area contributed by atoms with Crippen LogP contribution in [-0.4, -0.2) is 33.3 Å². The first-order valence-corrected chi connectivity index (χ1v) is 7.49. The van der Waals surface area contributed by atoms with Crippen molar-refractivity contribution in [1.82, 2.24) is 10.6 Å². The maximum atomic E-state index is 6.20. The Kier molecular flexibility index (Phi) is 8.37. The van der Waals surface area contributed by atoms with Gasteiger partial charge in [0.1, 0.15) is 0 Å². The van der Waals surface area contributed by atoms with Crippen LogP contribution >= 0.6 is 24.0 Å². The summed E-state index contributed by atoms with van der Waals surface area (Å²) in [5, 5.41) is 6.27. The number of ether oxygens (including phenoxy) is 2. The summed E-state index contributed by atoms with van der Waals surface area (Å²) in [5.74, 6) is 2.40. The largest absolute Gasteiger partial charge is 0.493 e. The number of halogens is 1. The average Bonchev–Trinajstić information content (AvgIpc) is 3.02. The van der Waals surface area contributed by atoms with Crippen molar-refractivity contribution in [2.24, 2.45) is 4.99 Å². The fraction of sp³-hybridized carbons (Fsp3) is 0.562. The van der Waals surface area contributed by atoms with Crippen LogP contribution in [0.2, 0.25) is 0 Å². The van der Waals surface area contributed by atoms with Gasteiger partial charge in [0.05, 0.1) is 13.2 Å². The molecular weight excluding hydrogens is 393 g/mol. The third-order valence-corrected chi connectivity index (χ3v) is 3.77. The van der Waals surface area contributed by atoms with E-state index in [-0.39, 0.29) is 24.0 Å². The molecule has 0 bridgehead atoms. The van der Waals surface area contributed by atoms with Crippen molar-refractivity contribution in [2.45, 2.75) is 38.3 Å². The van der Waals surface area contributed by atoms with Crippen LogP contribution in [0.3, 0.4) is 0 Å². The third-order valence-electron chi connectivity index (χ3n) is 3.77. The van der Waals surface area contributed by atoms with Gasteiger partial charge in [0, 0.05) is 26.2 Å². The Morgan fingerprint density at radius 2 is 2.05 bits per heavy atom. The minimum atomic E-state index is 0. The third kappa shape index (κ3) is 4.93. The van der Waals surface area contributed by atoms with E-state index in [1.54, 1.807) is 14.2 Å². The standard InChI is InChI=1S/C16H25N3O2.HI/c1-17-16(18-2)19-11-12-7-6-10-14(20-3)15(12)21-13-8-4-5-9-13;/h6-7,10,13H,4-5,8-9,11H2,1-3H3,(H2,17,18,19);1H. The number of hydrogen-bond acceptors (Lipinski definition) is 3. The van der Waals surface area contributed by atoms with Crippen molar-refractivity contribution in [3.05, 3.63) is 23.8 Å². The molecule has 1 aliphatic carbocycles. The van der Waals surface area contributed by atoms with Crippen LogP contribution in [0.25, 0.3) is 0 Å².